The zero-order valence-corrected chi connectivity index (χ0v) is 15.8. The van der Waals surface area contributed by atoms with E-state index < -0.39 is 0 Å². The van der Waals surface area contributed by atoms with Gasteiger partial charge in [-0.05, 0) is 29.8 Å². The predicted octanol–water partition coefficient (Wildman–Crippen LogP) is 2.89. The summed E-state index contributed by atoms with van der Waals surface area (Å²) in [5.41, 5.74) is 3.76. The molecular weight excluding hydrogens is 342 g/mol. The van der Waals surface area contributed by atoms with Crippen LogP contribution in [0, 0.1) is 0 Å². The Morgan fingerprint density at radius 1 is 1.00 bits per heavy atom. The number of carbonyl (C=O) groups is 1. The number of aromatic nitrogens is 2. The van der Waals surface area contributed by atoms with E-state index >= 15 is 0 Å². The summed E-state index contributed by atoms with van der Waals surface area (Å²) in [4.78, 5) is 22.4. The SMILES string of the molecule is COCCN(CCOC)C(=O)c1ccc(Cc2nc3ccccc3[nH]2)cc1. The van der Waals surface area contributed by atoms with Crippen LogP contribution in [0.25, 0.3) is 11.0 Å². The third-order valence-corrected chi connectivity index (χ3v) is 4.43. The molecule has 1 heterocycles. The number of imidazole rings is 1. The van der Waals surface area contributed by atoms with Crippen molar-refractivity contribution in [2.45, 2.75) is 6.42 Å². The number of hydrogen-bond acceptors (Lipinski definition) is 4. The lowest BCUT2D eigenvalue weighted by molar-refractivity contribution is 0.0627. The Morgan fingerprint density at radius 3 is 2.30 bits per heavy atom. The highest BCUT2D eigenvalue weighted by Gasteiger charge is 2.15. The second-order valence-corrected chi connectivity index (χ2v) is 6.35. The molecule has 2 aromatic carbocycles. The summed E-state index contributed by atoms with van der Waals surface area (Å²) in [6, 6.07) is 15.7. The van der Waals surface area contributed by atoms with Crippen LogP contribution in [0.3, 0.4) is 0 Å². The molecule has 0 aliphatic heterocycles. The van der Waals surface area contributed by atoms with E-state index in [1.54, 1.807) is 19.1 Å². The number of fused-ring (bicyclic) bond motifs is 1. The molecule has 0 aliphatic carbocycles. The minimum atomic E-state index is -0.0145. The number of methoxy groups -OCH3 is 2. The van der Waals surface area contributed by atoms with Gasteiger partial charge in [-0.15, -0.1) is 0 Å². The van der Waals surface area contributed by atoms with Gasteiger partial charge in [0.15, 0.2) is 0 Å². The van der Waals surface area contributed by atoms with Crippen molar-refractivity contribution in [1.82, 2.24) is 14.9 Å². The first-order chi connectivity index (χ1) is 13.2. The third kappa shape index (κ3) is 4.93. The van der Waals surface area contributed by atoms with E-state index in [0.29, 0.717) is 38.3 Å². The number of para-hydroxylation sites is 2. The van der Waals surface area contributed by atoms with E-state index in [4.69, 9.17) is 9.47 Å². The smallest absolute Gasteiger partial charge is 0.254 e. The molecule has 27 heavy (non-hydrogen) atoms. The number of amides is 1. The fourth-order valence-electron chi connectivity index (χ4n) is 2.95. The van der Waals surface area contributed by atoms with Crippen molar-refractivity contribution < 1.29 is 14.3 Å². The second-order valence-electron chi connectivity index (χ2n) is 6.35. The van der Waals surface area contributed by atoms with Gasteiger partial charge in [-0.1, -0.05) is 24.3 Å². The van der Waals surface area contributed by atoms with Gasteiger partial charge in [0.05, 0.1) is 24.2 Å². The molecule has 0 radical (unpaired) electrons. The number of rotatable bonds is 9. The minimum Gasteiger partial charge on any atom is -0.383 e. The molecule has 6 heteroatoms. The average molecular weight is 367 g/mol. The van der Waals surface area contributed by atoms with Crippen LogP contribution >= 0.6 is 0 Å². The lowest BCUT2D eigenvalue weighted by atomic mass is 10.1. The normalized spacial score (nSPS) is 11.0. The number of nitrogens with one attached hydrogen (secondary N) is 1. The first kappa shape index (κ1) is 19.1. The van der Waals surface area contributed by atoms with Crippen molar-refractivity contribution in [2.24, 2.45) is 0 Å². The maximum absolute atomic E-state index is 12.7. The predicted molar refractivity (Wildman–Crippen MR) is 105 cm³/mol. The van der Waals surface area contributed by atoms with Crippen LogP contribution < -0.4 is 0 Å². The Hall–Kier alpha value is -2.70. The van der Waals surface area contributed by atoms with Gasteiger partial charge < -0.3 is 19.4 Å². The van der Waals surface area contributed by atoms with Gasteiger partial charge >= 0.3 is 0 Å². The van der Waals surface area contributed by atoms with E-state index in [2.05, 4.69) is 9.97 Å². The van der Waals surface area contributed by atoms with E-state index in [0.717, 1.165) is 22.4 Å². The Labute approximate surface area is 159 Å². The van der Waals surface area contributed by atoms with Crippen molar-refractivity contribution in [2.75, 3.05) is 40.5 Å². The van der Waals surface area contributed by atoms with Gasteiger partial charge in [0.25, 0.3) is 5.91 Å². The van der Waals surface area contributed by atoms with Crippen molar-refractivity contribution in [3.8, 4) is 0 Å². The van der Waals surface area contributed by atoms with Crippen molar-refractivity contribution >= 4 is 16.9 Å². The van der Waals surface area contributed by atoms with E-state index in [-0.39, 0.29) is 5.91 Å². The average Bonchev–Trinajstić information content (AvgIpc) is 3.10. The Balaban J connectivity index is 1.68. The van der Waals surface area contributed by atoms with Gasteiger partial charge in [0.2, 0.25) is 0 Å². The van der Waals surface area contributed by atoms with Crippen molar-refractivity contribution in [3.63, 3.8) is 0 Å². The summed E-state index contributed by atoms with van der Waals surface area (Å²) >= 11 is 0. The first-order valence-electron chi connectivity index (χ1n) is 9.01. The topological polar surface area (TPSA) is 67.5 Å². The molecule has 0 bridgehead atoms. The summed E-state index contributed by atoms with van der Waals surface area (Å²) in [6.45, 7) is 2.08. The molecule has 0 saturated carbocycles. The number of hydrogen-bond donors (Lipinski definition) is 1. The monoisotopic (exact) mass is 367 g/mol. The van der Waals surface area contributed by atoms with Gasteiger partial charge in [0, 0.05) is 39.3 Å². The summed E-state index contributed by atoms with van der Waals surface area (Å²) in [7, 11) is 3.26. The van der Waals surface area contributed by atoms with Crippen molar-refractivity contribution in [1.29, 1.82) is 0 Å². The quantitative estimate of drug-likeness (QED) is 0.631. The van der Waals surface area contributed by atoms with Crippen LogP contribution in [0.1, 0.15) is 21.7 Å². The summed E-state index contributed by atoms with van der Waals surface area (Å²) in [5, 5.41) is 0. The maximum atomic E-state index is 12.7. The van der Waals surface area contributed by atoms with Crippen LogP contribution in [0.15, 0.2) is 48.5 Å². The van der Waals surface area contributed by atoms with Crippen LogP contribution in [0.2, 0.25) is 0 Å². The molecule has 0 spiro atoms. The van der Waals surface area contributed by atoms with Crippen LogP contribution in [-0.2, 0) is 15.9 Å². The van der Waals surface area contributed by atoms with Gasteiger partial charge in [-0.3, -0.25) is 4.79 Å². The lowest BCUT2D eigenvalue weighted by Gasteiger charge is -2.22. The highest BCUT2D eigenvalue weighted by Crippen LogP contribution is 2.15. The number of benzene rings is 2. The molecule has 6 nitrogen and oxygen atoms in total. The summed E-state index contributed by atoms with van der Waals surface area (Å²) < 4.78 is 10.2. The standard InChI is InChI=1S/C21H25N3O3/c1-26-13-11-24(12-14-27-2)21(25)17-9-7-16(8-10-17)15-20-22-18-5-3-4-6-19(18)23-20/h3-10H,11-15H2,1-2H3,(H,22,23). The molecule has 142 valence electrons. The highest BCUT2D eigenvalue weighted by atomic mass is 16.5. The van der Waals surface area contributed by atoms with Crippen LogP contribution in [0.5, 0.6) is 0 Å². The number of carbonyl (C=O) groups excluding carboxylic acids is 1. The fourth-order valence-corrected chi connectivity index (χ4v) is 2.95. The molecule has 0 unspecified atom stereocenters. The molecule has 1 N–H and O–H groups in total. The number of aromatic amines is 1. The Bertz CT molecular complexity index is 833. The molecular formula is C21H25N3O3. The van der Waals surface area contributed by atoms with E-state index in [1.807, 2.05) is 48.5 Å². The van der Waals surface area contributed by atoms with Gasteiger partial charge in [0.1, 0.15) is 5.82 Å². The Morgan fingerprint density at radius 2 is 1.67 bits per heavy atom. The molecule has 3 aromatic rings. The van der Waals surface area contributed by atoms with Gasteiger partial charge in [-0.25, -0.2) is 4.98 Å². The zero-order valence-electron chi connectivity index (χ0n) is 15.8. The summed E-state index contributed by atoms with van der Waals surface area (Å²) in [5.74, 6) is 0.900. The molecule has 1 amide bonds. The molecule has 0 fully saturated rings. The zero-order chi connectivity index (χ0) is 19.1. The van der Waals surface area contributed by atoms with Crippen molar-refractivity contribution in [3.05, 3.63) is 65.5 Å². The fraction of sp³-hybridized carbons (Fsp3) is 0.333. The Kier molecular flexibility index (Phi) is 6.57. The molecule has 0 atom stereocenters. The number of ether oxygens (including phenoxy) is 2. The number of H-pyrrole nitrogens is 1. The first-order valence-corrected chi connectivity index (χ1v) is 9.01. The molecule has 0 saturated heterocycles. The molecule has 0 aliphatic rings. The van der Waals surface area contributed by atoms with Gasteiger partial charge in [-0.2, -0.15) is 0 Å². The van der Waals surface area contributed by atoms with E-state index in [9.17, 15) is 4.79 Å². The lowest BCUT2D eigenvalue weighted by Crippen LogP contribution is -2.36. The highest BCUT2D eigenvalue weighted by molar-refractivity contribution is 5.94. The maximum Gasteiger partial charge on any atom is 0.254 e. The summed E-state index contributed by atoms with van der Waals surface area (Å²) in [6.07, 6.45) is 0.695. The largest absolute Gasteiger partial charge is 0.383 e. The molecule has 3 rings (SSSR count). The van der Waals surface area contributed by atoms with Crippen LogP contribution in [0.4, 0.5) is 0 Å². The minimum absolute atomic E-state index is 0.0145. The van der Waals surface area contributed by atoms with E-state index in [1.165, 1.54) is 0 Å². The second kappa shape index (κ2) is 9.30. The molecule has 1 aromatic heterocycles. The number of nitrogens with zero attached hydrogens (tertiary/aromatic N) is 2. The van der Waals surface area contributed by atoms with Crippen LogP contribution in [-0.4, -0.2) is 61.3 Å². The third-order valence-electron chi connectivity index (χ3n) is 4.43.